The molecule has 2 aromatic rings. The van der Waals surface area contributed by atoms with Crippen molar-refractivity contribution in [3.8, 4) is 23.0 Å². The smallest absolute Gasteiger partial charge is 0.261 e. The molecule has 1 amide bonds. The van der Waals surface area contributed by atoms with Gasteiger partial charge in [0.2, 0.25) is 5.75 Å². The van der Waals surface area contributed by atoms with Gasteiger partial charge in [0.1, 0.15) is 5.75 Å². The van der Waals surface area contributed by atoms with E-state index in [-0.39, 0.29) is 12.5 Å². The molecule has 0 bridgehead atoms. The molecule has 2 rings (SSSR count). The first-order valence-electron chi connectivity index (χ1n) is 9.24. The van der Waals surface area contributed by atoms with Crippen molar-refractivity contribution >= 4 is 5.91 Å². The Balaban J connectivity index is 2.10. The summed E-state index contributed by atoms with van der Waals surface area (Å²) in [5, 5.41) is 2.92. The van der Waals surface area contributed by atoms with E-state index < -0.39 is 6.10 Å². The fourth-order valence-electron chi connectivity index (χ4n) is 2.87. The maximum Gasteiger partial charge on any atom is 0.261 e. The number of hydrogen-bond acceptors (Lipinski definition) is 5. The van der Waals surface area contributed by atoms with Crippen molar-refractivity contribution in [2.45, 2.75) is 39.8 Å². The van der Waals surface area contributed by atoms with Crippen LogP contribution < -0.4 is 24.3 Å². The lowest BCUT2D eigenvalue weighted by Crippen LogP contribution is -2.37. The molecule has 0 saturated heterocycles. The summed E-state index contributed by atoms with van der Waals surface area (Å²) in [6, 6.07) is 9.44. The van der Waals surface area contributed by atoms with Gasteiger partial charge in [-0.05, 0) is 55.7 Å². The number of methoxy groups -OCH3 is 3. The van der Waals surface area contributed by atoms with Gasteiger partial charge in [-0.3, -0.25) is 4.79 Å². The molecule has 0 aliphatic heterocycles. The molecule has 152 valence electrons. The first-order chi connectivity index (χ1) is 13.4. The molecule has 0 saturated carbocycles. The van der Waals surface area contributed by atoms with E-state index in [0.29, 0.717) is 29.4 Å². The van der Waals surface area contributed by atoms with Gasteiger partial charge in [-0.15, -0.1) is 0 Å². The van der Waals surface area contributed by atoms with Crippen LogP contribution in [-0.2, 0) is 11.3 Å². The third-order valence-electron chi connectivity index (χ3n) is 4.66. The van der Waals surface area contributed by atoms with Gasteiger partial charge in [-0.25, -0.2) is 0 Å². The van der Waals surface area contributed by atoms with Crippen LogP contribution in [0.2, 0.25) is 0 Å². The fourth-order valence-corrected chi connectivity index (χ4v) is 2.87. The van der Waals surface area contributed by atoms with E-state index in [4.69, 9.17) is 18.9 Å². The van der Waals surface area contributed by atoms with E-state index in [1.54, 1.807) is 27.4 Å². The number of aryl methyl sites for hydroxylation is 2. The summed E-state index contributed by atoms with van der Waals surface area (Å²) in [6.45, 7) is 6.27. The van der Waals surface area contributed by atoms with Crippen molar-refractivity contribution in [1.82, 2.24) is 5.32 Å². The molecule has 0 fully saturated rings. The predicted octanol–water partition coefficient (Wildman–Crippen LogP) is 3.80. The second-order valence-corrected chi connectivity index (χ2v) is 6.47. The molecule has 6 heteroatoms. The average Bonchev–Trinajstić information content (AvgIpc) is 2.71. The topological polar surface area (TPSA) is 66.0 Å². The van der Waals surface area contributed by atoms with Crippen molar-refractivity contribution in [1.29, 1.82) is 0 Å². The lowest BCUT2D eigenvalue weighted by molar-refractivity contribution is -0.128. The van der Waals surface area contributed by atoms with Crippen LogP contribution >= 0.6 is 0 Å². The number of rotatable bonds is 9. The first-order valence-corrected chi connectivity index (χ1v) is 9.24. The number of ether oxygens (including phenoxy) is 4. The summed E-state index contributed by atoms with van der Waals surface area (Å²) >= 11 is 0. The van der Waals surface area contributed by atoms with Crippen molar-refractivity contribution < 1.29 is 23.7 Å². The van der Waals surface area contributed by atoms with Crippen LogP contribution in [0.5, 0.6) is 23.0 Å². The minimum atomic E-state index is -0.576. The maximum atomic E-state index is 12.6. The number of hydrogen-bond donors (Lipinski definition) is 1. The normalized spacial score (nSPS) is 11.5. The summed E-state index contributed by atoms with van der Waals surface area (Å²) in [5.41, 5.74) is 3.10. The Hall–Kier alpha value is -2.89. The second kappa shape index (κ2) is 9.88. The standard InChI is InChI=1S/C22H29NO5/c1-7-18(28-17-10-8-14(2)15(3)12-17)22(24)23-13-16-9-11-19(25-4)21(27-6)20(16)26-5/h8-12,18H,7,13H2,1-6H3,(H,23,24). The van der Waals surface area contributed by atoms with E-state index >= 15 is 0 Å². The summed E-state index contributed by atoms with van der Waals surface area (Å²) in [7, 11) is 4.67. The number of benzene rings is 2. The summed E-state index contributed by atoms with van der Waals surface area (Å²) in [4.78, 5) is 12.6. The number of amides is 1. The monoisotopic (exact) mass is 387 g/mol. The lowest BCUT2D eigenvalue weighted by atomic mass is 10.1. The molecule has 0 aliphatic rings. The molecule has 1 N–H and O–H groups in total. The zero-order valence-electron chi connectivity index (χ0n) is 17.4. The van der Waals surface area contributed by atoms with E-state index in [1.165, 1.54) is 5.56 Å². The van der Waals surface area contributed by atoms with Crippen LogP contribution in [-0.4, -0.2) is 33.3 Å². The molecule has 1 unspecified atom stereocenters. The van der Waals surface area contributed by atoms with Gasteiger partial charge < -0.3 is 24.3 Å². The Labute approximate surface area is 166 Å². The van der Waals surface area contributed by atoms with Gasteiger partial charge in [-0.1, -0.05) is 13.0 Å². The molecular weight excluding hydrogens is 358 g/mol. The van der Waals surface area contributed by atoms with Crippen LogP contribution in [0.1, 0.15) is 30.0 Å². The van der Waals surface area contributed by atoms with Crippen LogP contribution in [0.25, 0.3) is 0 Å². The van der Waals surface area contributed by atoms with Gasteiger partial charge in [-0.2, -0.15) is 0 Å². The van der Waals surface area contributed by atoms with Crippen LogP contribution in [0.15, 0.2) is 30.3 Å². The Bertz CT molecular complexity index is 819. The third-order valence-corrected chi connectivity index (χ3v) is 4.66. The summed E-state index contributed by atoms with van der Waals surface area (Å²) in [5.74, 6) is 2.10. The first kappa shape index (κ1) is 21.4. The van der Waals surface area contributed by atoms with Gasteiger partial charge in [0, 0.05) is 12.1 Å². The summed E-state index contributed by atoms with van der Waals surface area (Å²) in [6.07, 6.45) is -0.0183. The van der Waals surface area contributed by atoms with Gasteiger partial charge >= 0.3 is 0 Å². The van der Waals surface area contributed by atoms with Gasteiger partial charge in [0.15, 0.2) is 17.6 Å². The van der Waals surface area contributed by atoms with E-state index in [0.717, 1.165) is 11.1 Å². The largest absolute Gasteiger partial charge is 0.493 e. The number of carbonyl (C=O) groups is 1. The second-order valence-electron chi connectivity index (χ2n) is 6.47. The third kappa shape index (κ3) is 4.88. The average molecular weight is 387 g/mol. The molecule has 0 heterocycles. The Kier molecular flexibility index (Phi) is 7.55. The van der Waals surface area contributed by atoms with Crippen molar-refractivity contribution in [2.24, 2.45) is 0 Å². The molecule has 6 nitrogen and oxygen atoms in total. The number of nitrogens with one attached hydrogen (secondary N) is 1. The summed E-state index contributed by atoms with van der Waals surface area (Å²) < 4.78 is 22.0. The highest BCUT2D eigenvalue weighted by Crippen LogP contribution is 2.39. The zero-order chi connectivity index (χ0) is 20.7. The highest BCUT2D eigenvalue weighted by Gasteiger charge is 2.20. The molecule has 28 heavy (non-hydrogen) atoms. The Morgan fingerprint density at radius 2 is 1.68 bits per heavy atom. The van der Waals surface area contributed by atoms with Crippen LogP contribution in [0.3, 0.4) is 0 Å². The highest BCUT2D eigenvalue weighted by atomic mass is 16.5. The van der Waals surface area contributed by atoms with E-state index in [1.807, 2.05) is 45.0 Å². The molecule has 2 aromatic carbocycles. The molecule has 0 radical (unpaired) electrons. The fraction of sp³-hybridized carbons (Fsp3) is 0.409. The quantitative estimate of drug-likeness (QED) is 0.709. The minimum Gasteiger partial charge on any atom is -0.493 e. The zero-order valence-corrected chi connectivity index (χ0v) is 17.4. The lowest BCUT2D eigenvalue weighted by Gasteiger charge is -2.19. The maximum absolute atomic E-state index is 12.6. The molecule has 0 aromatic heterocycles. The van der Waals surface area contributed by atoms with Crippen molar-refractivity contribution in [3.63, 3.8) is 0 Å². The molecule has 1 atom stereocenters. The van der Waals surface area contributed by atoms with E-state index in [2.05, 4.69) is 5.32 Å². The Morgan fingerprint density at radius 1 is 0.964 bits per heavy atom. The molecular formula is C22H29NO5. The SMILES string of the molecule is CCC(Oc1ccc(C)c(C)c1)C(=O)NCc1ccc(OC)c(OC)c1OC. The number of carbonyl (C=O) groups excluding carboxylic acids is 1. The predicted molar refractivity (Wildman–Crippen MR) is 109 cm³/mol. The highest BCUT2D eigenvalue weighted by molar-refractivity contribution is 5.81. The van der Waals surface area contributed by atoms with E-state index in [9.17, 15) is 4.79 Å². The Morgan fingerprint density at radius 3 is 2.25 bits per heavy atom. The minimum absolute atomic E-state index is 0.183. The van der Waals surface area contributed by atoms with Crippen LogP contribution in [0, 0.1) is 13.8 Å². The van der Waals surface area contributed by atoms with Crippen molar-refractivity contribution in [3.05, 3.63) is 47.0 Å². The van der Waals surface area contributed by atoms with Crippen molar-refractivity contribution in [2.75, 3.05) is 21.3 Å². The van der Waals surface area contributed by atoms with Gasteiger partial charge in [0.05, 0.1) is 21.3 Å². The van der Waals surface area contributed by atoms with Gasteiger partial charge in [0.25, 0.3) is 5.91 Å². The molecule has 0 aliphatic carbocycles. The molecule has 0 spiro atoms. The van der Waals surface area contributed by atoms with Crippen LogP contribution in [0.4, 0.5) is 0 Å².